The van der Waals surface area contributed by atoms with Crippen LogP contribution in [0.3, 0.4) is 0 Å². The van der Waals surface area contributed by atoms with E-state index in [9.17, 15) is 0 Å². The normalized spacial score (nSPS) is 18.5. The third-order valence-corrected chi connectivity index (χ3v) is 10.0. The van der Waals surface area contributed by atoms with Crippen molar-refractivity contribution in [3.63, 3.8) is 0 Å². The maximum absolute atomic E-state index is 7.60. The van der Waals surface area contributed by atoms with Crippen LogP contribution in [0.2, 0.25) is 0 Å². The van der Waals surface area contributed by atoms with Crippen molar-refractivity contribution >= 4 is 43.7 Å². The standard InChI is InChI=1S/C35H29N2O.C15H17N.Ir/c1-21-9-6-11-26-27-12-7-10-22(2)33(27)37(32(21)26)24-15-16-25-28-13-8-14-29(34(28)38-31(25)20-24)30-19-23(17-18-36-30)35(3,4)5;1-10-5-6-14(7-11(10)2)15-8-12(3)13(4)9-16-15;/h6-13,15-20H,1-5H3;5,7-9,15H,1-4H3;/q-1;-2;+3/i;1D3,2D3,3D3,4D3;. The fraction of sp³-hybridized carbons (Fsp3) is 0.220. The zero-order chi connectivity index (χ0) is 47.9. The van der Waals surface area contributed by atoms with Crippen molar-refractivity contribution in [2.45, 2.75) is 73.5 Å². The Balaban J connectivity index is 0.000000206. The van der Waals surface area contributed by atoms with Crippen LogP contribution in [-0.2, 0) is 25.5 Å². The Labute approximate surface area is 355 Å². The molecule has 1 unspecified atom stereocenters. The third-order valence-electron chi connectivity index (χ3n) is 10.0. The quantitative estimate of drug-likeness (QED) is 0.166. The number of aryl methyl sites for hydroxylation is 4. The van der Waals surface area contributed by atoms with Crippen molar-refractivity contribution in [2.24, 2.45) is 0 Å². The number of allylic oxidation sites excluding steroid dienone is 2. The number of aromatic nitrogens is 2. The molecular formula is C50H46IrN3O. The molecule has 5 heteroatoms. The molecule has 0 radical (unpaired) electrons. The molecule has 4 nitrogen and oxygen atoms in total. The molecule has 3 aromatic heterocycles. The Morgan fingerprint density at radius 3 is 2.20 bits per heavy atom. The number of rotatable bonds is 3. The van der Waals surface area contributed by atoms with Gasteiger partial charge in [0.05, 0.1) is 16.6 Å². The van der Waals surface area contributed by atoms with Gasteiger partial charge in [0.25, 0.3) is 0 Å². The third kappa shape index (κ3) is 6.97. The molecule has 1 aliphatic heterocycles. The van der Waals surface area contributed by atoms with E-state index in [0.717, 1.165) is 63.3 Å². The fourth-order valence-electron chi connectivity index (χ4n) is 7.17. The zero-order valence-electron chi connectivity index (χ0n) is 43.1. The van der Waals surface area contributed by atoms with Crippen molar-refractivity contribution in [1.29, 1.82) is 0 Å². The first-order valence-electron chi connectivity index (χ1n) is 23.8. The molecule has 0 amide bonds. The summed E-state index contributed by atoms with van der Waals surface area (Å²) in [5.41, 5.74) is 9.34. The predicted octanol–water partition coefficient (Wildman–Crippen LogP) is 13.8. The van der Waals surface area contributed by atoms with Gasteiger partial charge in [-0.15, -0.1) is 18.2 Å². The maximum Gasteiger partial charge on any atom is 3.00 e. The first-order chi connectivity index (χ1) is 30.7. The molecule has 9 rings (SSSR count). The van der Waals surface area contributed by atoms with Gasteiger partial charge in [-0.25, -0.2) is 0 Å². The number of benzene rings is 5. The van der Waals surface area contributed by atoms with Crippen LogP contribution in [0, 0.1) is 39.7 Å². The molecule has 0 fully saturated rings. The minimum absolute atomic E-state index is 0. The first-order valence-corrected chi connectivity index (χ1v) is 17.8. The number of nitrogens with zero attached hydrogens (tertiary/aromatic N) is 3. The Bertz CT molecular complexity index is 3190. The molecule has 0 spiro atoms. The van der Waals surface area contributed by atoms with E-state index in [2.05, 4.69) is 129 Å². The zero-order valence-corrected chi connectivity index (χ0v) is 33.4. The van der Waals surface area contributed by atoms with Crippen molar-refractivity contribution in [3.8, 4) is 16.9 Å². The van der Waals surface area contributed by atoms with E-state index in [1.807, 2.05) is 12.3 Å². The summed E-state index contributed by atoms with van der Waals surface area (Å²) in [7, 11) is 0. The number of para-hydroxylation sites is 2. The van der Waals surface area contributed by atoms with Gasteiger partial charge in [0.15, 0.2) is 0 Å². The molecule has 4 heterocycles. The summed E-state index contributed by atoms with van der Waals surface area (Å²) >= 11 is 0. The Hall–Kier alpha value is -5.22. The van der Waals surface area contributed by atoms with Gasteiger partial charge in [0, 0.05) is 50.6 Å². The van der Waals surface area contributed by atoms with E-state index in [-0.39, 0.29) is 36.6 Å². The van der Waals surface area contributed by atoms with Gasteiger partial charge >= 0.3 is 20.1 Å². The Morgan fingerprint density at radius 1 is 0.764 bits per heavy atom. The Kier molecular flexibility index (Phi) is 6.93. The monoisotopic (exact) mass is 909 g/mol. The molecular weight excluding hydrogens is 851 g/mol. The van der Waals surface area contributed by atoms with E-state index in [1.54, 1.807) is 0 Å². The number of fused-ring (bicyclic) bond motifs is 6. The molecule has 1 aliphatic rings. The molecule has 0 saturated carbocycles. The van der Waals surface area contributed by atoms with E-state index in [0.29, 0.717) is 0 Å². The van der Waals surface area contributed by atoms with Gasteiger partial charge in [-0.05, 0) is 67.5 Å². The van der Waals surface area contributed by atoms with Crippen molar-refractivity contribution in [2.75, 3.05) is 0 Å². The van der Waals surface area contributed by atoms with Crippen molar-refractivity contribution in [1.82, 2.24) is 9.55 Å². The molecule has 276 valence electrons. The molecule has 8 aromatic rings. The molecule has 0 bridgehead atoms. The minimum atomic E-state index is -2.72. The maximum atomic E-state index is 7.60. The summed E-state index contributed by atoms with van der Waals surface area (Å²) in [5, 5.41) is 8.75. The van der Waals surface area contributed by atoms with Gasteiger partial charge in [0.1, 0.15) is 5.58 Å². The van der Waals surface area contributed by atoms with Crippen LogP contribution in [-0.4, -0.2) is 9.55 Å². The van der Waals surface area contributed by atoms with Crippen LogP contribution in [0.15, 0.2) is 125 Å². The number of pyridine rings is 1. The largest absolute Gasteiger partial charge is 3.00 e. The molecule has 0 aliphatic carbocycles. The topological polar surface area (TPSA) is 45.1 Å². The summed E-state index contributed by atoms with van der Waals surface area (Å²) in [6.07, 6.45) is 3.95. The van der Waals surface area contributed by atoms with E-state index >= 15 is 0 Å². The summed E-state index contributed by atoms with van der Waals surface area (Å²) < 4.78 is 99.6. The molecule has 0 N–H and O–H groups in total. The van der Waals surface area contributed by atoms with Crippen LogP contribution in [0.5, 0.6) is 0 Å². The summed E-state index contributed by atoms with van der Waals surface area (Å²) in [6, 6.07) is 35.2. The van der Waals surface area contributed by atoms with E-state index in [4.69, 9.17) is 25.9 Å². The van der Waals surface area contributed by atoms with Crippen LogP contribution in [0.1, 0.15) is 90.3 Å². The number of hydrogen-bond acceptors (Lipinski definition) is 2. The molecule has 55 heavy (non-hydrogen) atoms. The summed E-state index contributed by atoms with van der Waals surface area (Å²) in [5.74, 6) is 0. The average Bonchev–Trinajstić information content (AvgIpc) is 3.79. The smallest absolute Gasteiger partial charge is 0.683 e. The van der Waals surface area contributed by atoms with Crippen LogP contribution in [0.4, 0.5) is 0 Å². The SMILES string of the molecule is Cc1cccc2c3cccc(C)c3n(-c3ccc4c(c3)oc3c(-c5cc(C(C)(C)C)ccn5)[c-]ccc34)c12.[2H]C([2H])([2H])C1=C[N-]C(c2[c-]cc(C([2H])([2H])[2H])c(C([2H])([2H])[2H])c2)C=C1C([2H])([2H])[2H].[Ir+3]. The minimum Gasteiger partial charge on any atom is -0.683 e. The van der Waals surface area contributed by atoms with Crippen molar-refractivity contribution < 1.29 is 41.0 Å². The number of hydrogen-bond donors (Lipinski definition) is 0. The molecule has 0 saturated heterocycles. The van der Waals surface area contributed by atoms with Gasteiger partial charge in [-0.2, -0.15) is 41.1 Å². The molecule has 5 aromatic carbocycles. The van der Waals surface area contributed by atoms with Crippen LogP contribution < -0.4 is 0 Å². The van der Waals surface area contributed by atoms with E-state index in [1.165, 1.54) is 38.5 Å². The van der Waals surface area contributed by atoms with Gasteiger partial charge in [-0.1, -0.05) is 117 Å². The fourth-order valence-corrected chi connectivity index (χ4v) is 7.17. The second-order valence-electron chi connectivity index (χ2n) is 14.8. The second-order valence-corrected chi connectivity index (χ2v) is 14.8. The first kappa shape index (κ1) is 25.8. The van der Waals surface area contributed by atoms with Gasteiger partial charge in [-0.3, -0.25) is 0 Å². The van der Waals surface area contributed by atoms with E-state index < -0.39 is 50.2 Å². The summed E-state index contributed by atoms with van der Waals surface area (Å²) in [4.78, 5) is 4.69. The van der Waals surface area contributed by atoms with Crippen LogP contribution >= 0.6 is 0 Å². The van der Waals surface area contributed by atoms with Gasteiger partial charge in [0.2, 0.25) is 0 Å². The number of furan rings is 1. The summed E-state index contributed by atoms with van der Waals surface area (Å²) in [6.45, 7) is 0.231. The van der Waals surface area contributed by atoms with Crippen LogP contribution in [0.25, 0.3) is 66.0 Å². The van der Waals surface area contributed by atoms with Gasteiger partial charge < -0.3 is 19.3 Å². The Morgan fingerprint density at radius 2 is 1.51 bits per heavy atom. The predicted molar refractivity (Wildman–Crippen MR) is 227 cm³/mol. The van der Waals surface area contributed by atoms with Crippen molar-refractivity contribution in [3.05, 3.63) is 171 Å². The molecule has 1 atom stereocenters. The average molecular weight is 909 g/mol. The second kappa shape index (κ2) is 14.8.